The van der Waals surface area contributed by atoms with Gasteiger partial charge in [-0.1, -0.05) is 28.1 Å². The van der Waals surface area contributed by atoms with Gasteiger partial charge in [-0.05, 0) is 31.5 Å². The molecule has 0 spiro atoms. The molecule has 19 heavy (non-hydrogen) atoms. The first-order valence-electron chi connectivity index (χ1n) is 6.34. The lowest BCUT2D eigenvalue weighted by Gasteiger charge is -2.23. The maximum absolute atomic E-state index is 10.5. The highest BCUT2D eigenvalue weighted by atomic mass is 79.9. The zero-order valence-electron chi connectivity index (χ0n) is 11.2. The third-order valence-corrected chi connectivity index (χ3v) is 3.56. The second-order valence-electron chi connectivity index (χ2n) is 4.97. The molecule has 1 aromatic heterocycles. The normalized spacial score (nSPS) is 14.3. The molecule has 4 nitrogen and oxygen atoms in total. The summed E-state index contributed by atoms with van der Waals surface area (Å²) < 4.78 is 2.86. The van der Waals surface area contributed by atoms with Crippen molar-refractivity contribution in [2.24, 2.45) is 0 Å². The third kappa shape index (κ3) is 3.88. The van der Waals surface area contributed by atoms with E-state index in [0.717, 1.165) is 22.4 Å². The van der Waals surface area contributed by atoms with Crippen LogP contribution in [0.2, 0.25) is 0 Å². The molecular formula is C14H18BrN3O. The van der Waals surface area contributed by atoms with Crippen LogP contribution in [0.3, 0.4) is 0 Å². The van der Waals surface area contributed by atoms with Gasteiger partial charge < -0.3 is 5.11 Å². The average Bonchev–Trinajstić information content (AvgIpc) is 2.78. The summed E-state index contributed by atoms with van der Waals surface area (Å²) in [5.41, 5.74) is 0.282. The van der Waals surface area contributed by atoms with E-state index in [-0.39, 0.29) is 0 Å². The van der Waals surface area contributed by atoms with E-state index in [1.807, 2.05) is 42.8 Å². The Kier molecular flexibility index (Phi) is 4.37. The standard InChI is InChI=1S/C14H18BrN3O/c1-3-18-13(16-10-17-18)9-14(2,19)8-11-4-6-12(15)7-5-11/h4-7,10,19H,3,8-9H2,1-2H3. The van der Waals surface area contributed by atoms with Crippen LogP contribution in [0.15, 0.2) is 35.1 Å². The molecule has 0 fully saturated rings. The van der Waals surface area contributed by atoms with Crippen LogP contribution in [-0.4, -0.2) is 25.5 Å². The number of halogens is 1. The van der Waals surface area contributed by atoms with Crippen LogP contribution < -0.4 is 0 Å². The molecule has 0 saturated carbocycles. The van der Waals surface area contributed by atoms with Gasteiger partial charge in [0.15, 0.2) is 0 Å². The van der Waals surface area contributed by atoms with E-state index in [1.54, 1.807) is 0 Å². The largest absolute Gasteiger partial charge is 0.389 e. The van der Waals surface area contributed by atoms with Crippen LogP contribution >= 0.6 is 15.9 Å². The van der Waals surface area contributed by atoms with Crippen LogP contribution in [0.25, 0.3) is 0 Å². The van der Waals surface area contributed by atoms with Gasteiger partial charge in [0.25, 0.3) is 0 Å². The highest BCUT2D eigenvalue weighted by Gasteiger charge is 2.24. The molecule has 102 valence electrons. The molecule has 0 aliphatic heterocycles. The van der Waals surface area contributed by atoms with Gasteiger partial charge in [0, 0.05) is 23.9 Å². The molecule has 0 saturated heterocycles. The van der Waals surface area contributed by atoms with Crippen molar-refractivity contribution in [2.45, 2.75) is 38.8 Å². The molecule has 2 aromatic rings. The number of nitrogens with zero attached hydrogens (tertiary/aromatic N) is 3. The maximum Gasteiger partial charge on any atom is 0.138 e. The van der Waals surface area contributed by atoms with Crippen molar-refractivity contribution >= 4 is 15.9 Å². The molecule has 2 rings (SSSR count). The minimum Gasteiger partial charge on any atom is -0.389 e. The summed E-state index contributed by atoms with van der Waals surface area (Å²) in [5.74, 6) is 0.824. The van der Waals surface area contributed by atoms with Gasteiger partial charge in [0.05, 0.1) is 5.60 Å². The van der Waals surface area contributed by atoms with Crippen LogP contribution in [0.5, 0.6) is 0 Å². The Labute approximate surface area is 121 Å². The van der Waals surface area contributed by atoms with E-state index in [0.29, 0.717) is 12.8 Å². The van der Waals surface area contributed by atoms with Gasteiger partial charge in [-0.25, -0.2) is 4.98 Å². The zero-order valence-corrected chi connectivity index (χ0v) is 12.8. The topological polar surface area (TPSA) is 50.9 Å². The quantitative estimate of drug-likeness (QED) is 0.920. The minimum absolute atomic E-state index is 0.497. The number of aromatic nitrogens is 3. The molecule has 5 heteroatoms. The van der Waals surface area contributed by atoms with Gasteiger partial charge >= 0.3 is 0 Å². The monoisotopic (exact) mass is 323 g/mol. The molecule has 0 aliphatic rings. The van der Waals surface area contributed by atoms with Crippen molar-refractivity contribution in [3.63, 3.8) is 0 Å². The van der Waals surface area contributed by atoms with Crippen molar-refractivity contribution < 1.29 is 5.11 Å². The van der Waals surface area contributed by atoms with Crippen molar-refractivity contribution in [2.75, 3.05) is 0 Å². The van der Waals surface area contributed by atoms with E-state index in [9.17, 15) is 5.11 Å². The highest BCUT2D eigenvalue weighted by Crippen LogP contribution is 2.19. The molecule has 0 bridgehead atoms. The summed E-state index contributed by atoms with van der Waals surface area (Å²) in [6.45, 7) is 4.62. The Balaban J connectivity index is 2.08. The molecule has 0 amide bonds. The van der Waals surface area contributed by atoms with Crippen LogP contribution in [0.1, 0.15) is 25.2 Å². The lowest BCUT2D eigenvalue weighted by atomic mass is 9.93. The summed E-state index contributed by atoms with van der Waals surface area (Å²) in [6.07, 6.45) is 2.63. The summed E-state index contributed by atoms with van der Waals surface area (Å²) in [6, 6.07) is 8.01. The van der Waals surface area contributed by atoms with Crippen LogP contribution in [-0.2, 0) is 19.4 Å². The molecule has 1 aromatic carbocycles. The predicted molar refractivity (Wildman–Crippen MR) is 77.9 cm³/mol. The maximum atomic E-state index is 10.5. The molecule has 1 unspecified atom stereocenters. The second-order valence-corrected chi connectivity index (χ2v) is 5.88. The lowest BCUT2D eigenvalue weighted by molar-refractivity contribution is 0.0576. The molecule has 1 N–H and O–H groups in total. The van der Waals surface area contributed by atoms with E-state index < -0.39 is 5.60 Å². The third-order valence-electron chi connectivity index (χ3n) is 3.03. The van der Waals surface area contributed by atoms with E-state index in [4.69, 9.17) is 0 Å². The Hall–Kier alpha value is -1.20. The van der Waals surface area contributed by atoms with Crippen molar-refractivity contribution in [3.05, 3.63) is 46.5 Å². The van der Waals surface area contributed by atoms with Crippen molar-refractivity contribution in [1.29, 1.82) is 0 Å². The molecule has 1 atom stereocenters. The van der Waals surface area contributed by atoms with E-state index in [2.05, 4.69) is 26.0 Å². The Bertz CT molecular complexity index is 534. The second kappa shape index (κ2) is 5.84. The Morgan fingerprint density at radius 2 is 1.95 bits per heavy atom. The van der Waals surface area contributed by atoms with Gasteiger partial charge in [-0.15, -0.1) is 0 Å². The molecule has 1 heterocycles. The van der Waals surface area contributed by atoms with Crippen LogP contribution in [0, 0.1) is 0 Å². The molecule has 0 radical (unpaired) electrons. The summed E-state index contributed by atoms with van der Waals surface area (Å²) in [7, 11) is 0. The fourth-order valence-electron chi connectivity index (χ4n) is 2.13. The van der Waals surface area contributed by atoms with E-state index >= 15 is 0 Å². The summed E-state index contributed by atoms with van der Waals surface area (Å²) in [4.78, 5) is 4.21. The van der Waals surface area contributed by atoms with Gasteiger partial charge in [0.1, 0.15) is 12.2 Å². The minimum atomic E-state index is -0.826. The summed E-state index contributed by atoms with van der Waals surface area (Å²) >= 11 is 3.41. The Morgan fingerprint density at radius 3 is 2.58 bits per heavy atom. The molecular weight excluding hydrogens is 306 g/mol. The lowest BCUT2D eigenvalue weighted by Crippen LogP contribution is -2.31. The SMILES string of the molecule is CCn1ncnc1CC(C)(O)Cc1ccc(Br)cc1. The van der Waals surface area contributed by atoms with Gasteiger partial charge in [-0.2, -0.15) is 5.10 Å². The first kappa shape index (κ1) is 14.2. The predicted octanol–water partition coefficient (Wildman–Crippen LogP) is 2.60. The van der Waals surface area contributed by atoms with Crippen molar-refractivity contribution in [3.8, 4) is 0 Å². The fraction of sp³-hybridized carbons (Fsp3) is 0.429. The number of rotatable bonds is 5. The highest BCUT2D eigenvalue weighted by molar-refractivity contribution is 9.10. The van der Waals surface area contributed by atoms with Crippen LogP contribution in [0.4, 0.5) is 0 Å². The number of hydrogen-bond donors (Lipinski definition) is 1. The number of aryl methyl sites for hydroxylation is 1. The number of aliphatic hydroxyl groups is 1. The zero-order chi connectivity index (χ0) is 13.9. The van der Waals surface area contributed by atoms with E-state index in [1.165, 1.54) is 6.33 Å². The smallest absolute Gasteiger partial charge is 0.138 e. The number of benzene rings is 1. The fourth-order valence-corrected chi connectivity index (χ4v) is 2.40. The first-order chi connectivity index (χ1) is 9.00. The van der Waals surface area contributed by atoms with Crippen molar-refractivity contribution in [1.82, 2.24) is 14.8 Å². The van der Waals surface area contributed by atoms with Gasteiger partial charge in [0.2, 0.25) is 0 Å². The summed E-state index contributed by atoms with van der Waals surface area (Å²) in [5, 5.41) is 14.7. The first-order valence-corrected chi connectivity index (χ1v) is 7.13. The number of hydrogen-bond acceptors (Lipinski definition) is 3. The molecule has 0 aliphatic carbocycles. The van der Waals surface area contributed by atoms with Gasteiger partial charge in [-0.3, -0.25) is 4.68 Å². The Morgan fingerprint density at radius 1 is 1.26 bits per heavy atom. The average molecular weight is 324 g/mol.